The van der Waals surface area contributed by atoms with Crippen molar-refractivity contribution < 1.29 is 27.1 Å². The van der Waals surface area contributed by atoms with Crippen LogP contribution in [0.15, 0.2) is 71.9 Å². The van der Waals surface area contributed by atoms with E-state index in [1.807, 2.05) is 9.24 Å². The Bertz CT molecular complexity index is 1240. The second kappa shape index (κ2) is 10.6. The average Bonchev–Trinajstić information content (AvgIpc) is 2.73. The molecule has 1 heterocycles. The number of nitrogens with one attached hydrogen (secondary N) is 2. The highest BCUT2D eigenvalue weighted by molar-refractivity contribution is 14.1. The molecule has 0 aliphatic rings. The topological polar surface area (TPSA) is 107 Å². The molecule has 0 saturated heterocycles. The zero-order valence-electron chi connectivity index (χ0n) is 17.3. The van der Waals surface area contributed by atoms with Crippen LogP contribution in [0.5, 0.6) is 11.5 Å². The van der Waals surface area contributed by atoms with Gasteiger partial charge in [0.2, 0.25) is 0 Å². The number of anilines is 2. The summed E-state index contributed by atoms with van der Waals surface area (Å²) >= 11 is 1.44. The molecular formula is C21H20FIN3O5PS. The molecule has 33 heavy (non-hydrogen) atoms. The summed E-state index contributed by atoms with van der Waals surface area (Å²) in [5.74, 6) is -0.202. The number of sulfonamides is 1. The van der Waals surface area contributed by atoms with Crippen LogP contribution in [0.3, 0.4) is 0 Å². The van der Waals surface area contributed by atoms with Crippen molar-refractivity contribution >= 4 is 59.1 Å². The first kappa shape index (κ1) is 25.1. The smallest absolute Gasteiger partial charge is 0.309 e. The molecule has 0 saturated carbocycles. The molecule has 1 amide bonds. The fraction of sp³-hybridized carbons (Fsp3) is 0.143. The molecule has 0 fully saturated rings. The summed E-state index contributed by atoms with van der Waals surface area (Å²) in [6.07, 6.45) is 2.97. The Kier molecular flexibility index (Phi) is 8.09. The van der Waals surface area contributed by atoms with Gasteiger partial charge in [-0.1, -0.05) is 6.07 Å². The van der Waals surface area contributed by atoms with Gasteiger partial charge in [-0.2, -0.15) is 4.39 Å². The van der Waals surface area contributed by atoms with E-state index in [-0.39, 0.29) is 28.7 Å². The summed E-state index contributed by atoms with van der Waals surface area (Å²) in [5, 5.41) is 2.69. The van der Waals surface area contributed by atoms with Gasteiger partial charge in [0.15, 0.2) is 0 Å². The summed E-state index contributed by atoms with van der Waals surface area (Å²) in [7, 11) is -2.19. The maximum Gasteiger partial charge on any atom is 0.309 e. The molecule has 0 radical (unpaired) electrons. The number of amides is 1. The molecule has 2 N–H and O–H groups in total. The van der Waals surface area contributed by atoms with Crippen molar-refractivity contribution in [3.8, 4) is 11.5 Å². The van der Waals surface area contributed by atoms with Crippen LogP contribution in [0.25, 0.3) is 0 Å². The lowest BCUT2D eigenvalue weighted by atomic mass is 10.2. The fourth-order valence-corrected chi connectivity index (χ4v) is 4.33. The molecule has 0 aliphatic heterocycles. The Balaban J connectivity index is 1.85. The molecule has 3 aromatic rings. The number of ether oxygens (including phenoxy) is 2. The molecule has 0 bridgehead atoms. The molecule has 2 aromatic carbocycles. The van der Waals surface area contributed by atoms with E-state index in [0.29, 0.717) is 11.3 Å². The van der Waals surface area contributed by atoms with Crippen molar-refractivity contribution in [2.45, 2.75) is 15.4 Å². The van der Waals surface area contributed by atoms with Crippen molar-refractivity contribution in [2.75, 3.05) is 16.6 Å². The summed E-state index contributed by atoms with van der Waals surface area (Å²) in [6.45, 7) is 1.91. The lowest BCUT2D eigenvalue weighted by molar-refractivity contribution is 0.102. The first-order valence-electron chi connectivity index (χ1n) is 9.54. The van der Waals surface area contributed by atoms with Gasteiger partial charge in [0.1, 0.15) is 16.4 Å². The van der Waals surface area contributed by atoms with Crippen molar-refractivity contribution in [1.82, 2.24) is 4.98 Å². The number of halogens is 2. The lowest BCUT2D eigenvalue weighted by Crippen LogP contribution is -2.16. The van der Waals surface area contributed by atoms with E-state index in [9.17, 15) is 17.6 Å². The van der Waals surface area contributed by atoms with Crippen LogP contribution in [0, 0.1) is 0 Å². The largest absolute Gasteiger partial charge is 0.492 e. The Morgan fingerprint density at radius 1 is 1.18 bits per heavy atom. The maximum absolute atomic E-state index is 13.7. The molecular weight excluding hydrogens is 583 g/mol. The third kappa shape index (κ3) is 7.24. The van der Waals surface area contributed by atoms with E-state index >= 15 is 0 Å². The number of aromatic nitrogens is 1. The molecule has 8 nitrogen and oxygen atoms in total. The number of carbonyl (C=O) groups is 1. The number of alkyl halides is 2. The number of rotatable bonds is 9. The van der Waals surface area contributed by atoms with Gasteiger partial charge in [0, 0.05) is 52.8 Å². The first-order valence-corrected chi connectivity index (χ1v) is 12.7. The van der Waals surface area contributed by atoms with Crippen LogP contribution in [0.2, 0.25) is 0 Å². The van der Waals surface area contributed by atoms with Gasteiger partial charge in [0.05, 0.1) is 17.9 Å². The van der Waals surface area contributed by atoms with E-state index in [4.69, 9.17) is 9.47 Å². The maximum atomic E-state index is 13.7. The minimum Gasteiger partial charge on any atom is -0.492 e. The minimum atomic E-state index is -4.08. The van der Waals surface area contributed by atoms with Crippen LogP contribution in [0.1, 0.15) is 17.3 Å². The SMILES string of the molecule is CCOc1cc(NC(=O)c2cccnc2)ccc1S(=O)(=O)Nc1cccc(OC(F)(P)I)c1. The monoisotopic (exact) mass is 603 g/mol. The van der Waals surface area contributed by atoms with Crippen LogP contribution in [-0.4, -0.2) is 29.5 Å². The summed E-state index contributed by atoms with van der Waals surface area (Å²) in [5.41, 5.74) is 0.878. The third-order valence-electron chi connectivity index (χ3n) is 4.05. The quantitative estimate of drug-likeness (QED) is 0.207. The molecule has 12 heteroatoms. The van der Waals surface area contributed by atoms with Crippen LogP contribution >= 0.6 is 31.8 Å². The Hall–Kier alpha value is -2.50. The van der Waals surface area contributed by atoms with Crippen molar-refractivity contribution in [3.63, 3.8) is 0 Å². The van der Waals surface area contributed by atoms with E-state index in [1.54, 1.807) is 25.3 Å². The summed E-state index contributed by atoms with van der Waals surface area (Å²) in [4.78, 5) is 16.1. The second-order valence-electron chi connectivity index (χ2n) is 6.59. The van der Waals surface area contributed by atoms with E-state index in [0.717, 1.165) is 0 Å². The molecule has 3 rings (SSSR count). The molecule has 2 unspecified atom stereocenters. The van der Waals surface area contributed by atoms with Gasteiger partial charge in [-0.15, -0.1) is 0 Å². The highest BCUT2D eigenvalue weighted by Crippen LogP contribution is 2.34. The summed E-state index contributed by atoms with van der Waals surface area (Å²) < 4.78 is 50.8. The highest BCUT2D eigenvalue weighted by Gasteiger charge is 2.23. The number of pyridine rings is 1. The van der Waals surface area contributed by atoms with Gasteiger partial charge in [0.25, 0.3) is 15.9 Å². The van der Waals surface area contributed by atoms with Crippen molar-refractivity contribution in [1.29, 1.82) is 0 Å². The average molecular weight is 603 g/mol. The third-order valence-corrected chi connectivity index (χ3v) is 5.81. The van der Waals surface area contributed by atoms with Gasteiger partial charge >= 0.3 is 3.60 Å². The zero-order chi connectivity index (χ0) is 24.1. The molecule has 174 valence electrons. The Morgan fingerprint density at radius 3 is 2.64 bits per heavy atom. The lowest BCUT2D eigenvalue weighted by Gasteiger charge is -2.17. The Labute approximate surface area is 206 Å². The predicted molar refractivity (Wildman–Crippen MR) is 135 cm³/mol. The second-order valence-corrected chi connectivity index (χ2v) is 11.6. The van der Waals surface area contributed by atoms with Gasteiger partial charge in [-0.05, 0) is 52.6 Å². The number of benzene rings is 2. The first-order chi connectivity index (χ1) is 15.6. The van der Waals surface area contributed by atoms with Crippen molar-refractivity contribution in [3.05, 3.63) is 72.6 Å². The van der Waals surface area contributed by atoms with Crippen LogP contribution < -0.4 is 19.5 Å². The molecule has 0 spiro atoms. The van der Waals surface area contributed by atoms with Gasteiger partial charge in [-0.25, -0.2) is 8.42 Å². The van der Waals surface area contributed by atoms with Gasteiger partial charge in [-0.3, -0.25) is 14.5 Å². The fourth-order valence-electron chi connectivity index (χ4n) is 2.77. The molecule has 2 atom stereocenters. The number of carbonyl (C=O) groups excluding carboxylic acids is 1. The molecule has 1 aromatic heterocycles. The number of hydrogen-bond donors (Lipinski definition) is 2. The van der Waals surface area contributed by atoms with Crippen molar-refractivity contribution in [2.24, 2.45) is 0 Å². The summed E-state index contributed by atoms with van der Waals surface area (Å²) in [6, 6.07) is 13.3. The van der Waals surface area contributed by atoms with Gasteiger partial charge < -0.3 is 14.8 Å². The molecule has 0 aliphatic carbocycles. The highest BCUT2D eigenvalue weighted by atomic mass is 127. The predicted octanol–water partition coefficient (Wildman–Crippen LogP) is 4.80. The van der Waals surface area contributed by atoms with Crippen LogP contribution in [-0.2, 0) is 10.0 Å². The van der Waals surface area contributed by atoms with E-state index in [2.05, 4.69) is 15.0 Å². The van der Waals surface area contributed by atoms with E-state index in [1.165, 1.54) is 71.3 Å². The number of nitrogens with zero attached hydrogens (tertiary/aromatic N) is 1. The Morgan fingerprint density at radius 2 is 1.97 bits per heavy atom. The van der Waals surface area contributed by atoms with E-state index < -0.39 is 19.5 Å². The standard InChI is InChI=1S/C21H20FIN3O5PS/c1-2-30-18-12-15(25-20(27)14-5-4-10-24-13-14)8-9-19(18)33(28,29)26-16-6-3-7-17(11-16)31-21(22,23)32/h3-13,26H,2,32H2,1H3,(H,25,27). The normalized spacial score (nSPS) is 13.0. The van der Waals surface area contributed by atoms with Crippen LogP contribution in [0.4, 0.5) is 15.8 Å². The number of hydrogen-bond acceptors (Lipinski definition) is 6. The minimum absolute atomic E-state index is 0.0568. The zero-order valence-corrected chi connectivity index (χ0v) is 21.4.